The van der Waals surface area contributed by atoms with Gasteiger partial charge in [0.25, 0.3) is 0 Å². The standard InChI is InChI=1S/C15H17FN2O3/c1-4-18-9(2)12(14(19)21-3)13(17-15(18)20)10-6-5-7-11(16)8-10/h5-8,13H,4H2,1-3H3,(H,17,20)/t13-/m1/s1. The summed E-state index contributed by atoms with van der Waals surface area (Å²) in [5.74, 6) is -0.971. The molecule has 2 amide bonds. The number of halogens is 1. The van der Waals surface area contributed by atoms with Crippen molar-refractivity contribution in [1.29, 1.82) is 0 Å². The second-order valence-electron chi connectivity index (χ2n) is 4.67. The van der Waals surface area contributed by atoms with Gasteiger partial charge in [-0.05, 0) is 31.5 Å². The molecule has 2 rings (SSSR count). The Bertz CT molecular complexity index is 613. The van der Waals surface area contributed by atoms with Crippen molar-refractivity contribution in [2.75, 3.05) is 13.7 Å². The summed E-state index contributed by atoms with van der Waals surface area (Å²) in [5.41, 5.74) is 1.32. The van der Waals surface area contributed by atoms with Crippen molar-refractivity contribution < 1.29 is 18.7 Å². The molecule has 1 aromatic rings. The summed E-state index contributed by atoms with van der Waals surface area (Å²) in [4.78, 5) is 25.6. The van der Waals surface area contributed by atoms with Gasteiger partial charge in [-0.25, -0.2) is 14.0 Å². The van der Waals surface area contributed by atoms with Crippen LogP contribution in [0.3, 0.4) is 0 Å². The van der Waals surface area contributed by atoms with E-state index in [0.29, 0.717) is 23.4 Å². The van der Waals surface area contributed by atoms with E-state index in [0.717, 1.165) is 0 Å². The van der Waals surface area contributed by atoms with Crippen LogP contribution in [0.1, 0.15) is 25.5 Å². The molecule has 0 aliphatic carbocycles. The number of hydrogen-bond donors (Lipinski definition) is 1. The number of urea groups is 1. The van der Waals surface area contributed by atoms with E-state index in [1.807, 2.05) is 0 Å². The summed E-state index contributed by atoms with van der Waals surface area (Å²) in [6.45, 7) is 3.91. The van der Waals surface area contributed by atoms with Crippen LogP contribution in [0.2, 0.25) is 0 Å². The van der Waals surface area contributed by atoms with E-state index in [-0.39, 0.29) is 6.03 Å². The molecule has 21 heavy (non-hydrogen) atoms. The van der Waals surface area contributed by atoms with Crippen molar-refractivity contribution in [2.24, 2.45) is 0 Å². The average molecular weight is 292 g/mol. The van der Waals surface area contributed by atoms with Gasteiger partial charge in [-0.1, -0.05) is 12.1 Å². The fraction of sp³-hybridized carbons (Fsp3) is 0.333. The predicted molar refractivity (Wildman–Crippen MR) is 74.8 cm³/mol. The maximum atomic E-state index is 13.4. The van der Waals surface area contributed by atoms with Crippen LogP contribution >= 0.6 is 0 Å². The molecule has 0 saturated heterocycles. The monoisotopic (exact) mass is 292 g/mol. The van der Waals surface area contributed by atoms with Gasteiger partial charge in [-0.15, -0.1) is 0 Å². The van der Waals surface area contributed by atoms with Crippen LogP contribution in [0.4, 0.5) is 9.18 Å². The van der Waals surface area contributed by atoms with Gasteiger partial charge in [0.1, 0.15) is 5.82 Å². The van der Waals surface area contributed by atoms with Crippen molar-refractivity contribution >= 4 is 12.0 Å². The van der Waals surface area contributed by atoms with Gasteiger partial charge < -0.3 is 10.1 Å². The molecule has 5 nitrogen and oxygen atoms in total. The minimum Gasteiger partial charge on any atom is -0.466 e. The quantitative estimate of drug-likeness (QED) is 0.870. The number of benzene rings is 1. The van der Waals surface area contributed by atoms with Crippen LogP contribution in [0.5, 0.6) is 0 Å². The number of allylic oxidation sites excluding steroid dienone is 1. The van der Waals surface area contributed by atoms with E-state index in [4.69, 9.17) is 4.74 Å². The number of rotatable bonds is 3. The highest BCUT2D eigenvalue weighted by Crippen LogP contribution is 2.31. The zero-order valence-electron chi connectivity index (χ0n) is 12.1. The summed E-state index contributed by atoms with van der Waals surface area (Å²) < 4.78 is 18.2. The lowest BCUT2D eigenvalue weighted by atomic mass is 9.95. The first-order valence-corrected chi connectivity index (χ1v) is 6.62. The number of esters is 1. The van der Waals surface area contributed by atoms with Crippen LogP contribution in [0.15, 0.2) is 35.5 Å². The van der Waals surface area contributed by atoms with E-state index >= 15 is 0 Å². The molecular formula is C15H17FN2O3. The third kappa shape index (κ3) is 2.74. The van der Waals surface area contributed by atoms with Gasteiger partial charge in [0, 0.05) is 12.2 Å². The molecule has 1 aliphatic heterocycles. The average Bonchev–Trinajstić information content (AvgIpc) is 2.46. The molecule has 1 N–H and O–H groups in total. The molecule has 0 bridgehead atoms. The Balaban J connectivity index is 2.55. The highest BCUT2D eigenvalue weighted by Gasteiger charge is 2.35. The molecule has 0 radical (unpaired) electrons. The first-order valence-electron chi connectivity index (χ1n) is 6.62. The number of amides is 2. The molecule has 1 aliphatic rings. The zero-order chi connectivity index (χ0) is 15.6. The third-order valence-corrected chi connectivity index (χ3v) is 3.50. The SMILES string of the molecule is CCN1C(=O)N[C@H](c2cccc(F)c2)C(C(=O)OC)=C1C. The van der Waals surface area contributed by atoms with E-state index in [1.54, 1.807) is 19.9 Å². The van der Waals surface area contributed by atoms with Gasteiger partial charge in [-0.2, -0.15) is 0 Å². The summed E-state index contributed by atoms with van der Waals surface area (Å²) >= 11 is 0. The number of carbonyl (C=O) groups is 2. The van der Waals surface area contributed by atoms with Crippen molar-refractivity contribution in [3.63, 3.8) is 0 Å². The smallest absolute Gasteiger partial charge is 0.337 e. The van der Waals surface area contributed by atoms with Crippen LogP contribution in [0.25, 0.3) is 0 Å². The van der Waals surface area contributed by atoms with E-state index in [9.17, 15) is 14.0 Å². The van der Waals surface area contributed by atoms with Crippen molar-refractivity contribution in [3.05, 3.63) is 46.9 Å². The van der Waals surface area contributed by atoms with Gasteiger partial charge in [-0.3, -0.25) is 4.90 Å². The van der Waals surface area contributed by atoms with Gasteiger partial charge in [0.15, 0.2) is 0 Å². The van der Waals surface area contributed by atoms with Crippen LogP contribution in [0, 0.1) is 5.82 Å². The fourth-order valence-electron chi connectivity index (χ4n) is 2.47. The summed E-state index contributed by atoms with van der Waals surface area (Å²) in [5, 5.41) is 2.72. The number of nitrogens with one attached hydrogen (secondary N) is 1. The number of carbonyl (C=O) groups excluding carboxylic acids is 2. The molecule has 0 aromatic heterocycles. The molecule has 0 saturated carbocycles. The van der Waals surface area contributed by atoms with Crippen LogP contribution < -0.4 is 5.32 Å². The molecule has 1 heterocycles. The van der Waals surface area contributed by atoms with Gasteiger partial charge in [0.2, 0.25) is 0 Å². The maximum absolute atomic E-state index is 13.4. The molecular weight excluding hydrogens is 275 g/mol. The van der Waals surface area contributed by atoms with E-state index in [2.05, 4.69) is 5.32 Å². The molecule has 1 aromatic carbocycles. The molecule has 0 spiro atoms. The minimum absolute atomic E-state index is 0.310. The Morgan fingerprint density at radius 1 is 1.48 bits per heavy atom. The van der Waals surface area contributed by atoms with E-state index in [1.165, 1.54) is 30.2 Å². The Morgan fingerprint density at radius 2 is 2.19 bits per heavy atom. The fourth-order valence-corrected chi connectivity index (χ4v) is 2.47. The lowest BCUT2D eigenvalue weighted by molar-refractivity contribution is -0.136. The molecule has 1 atom stereocenters. The molecule has 6 heteroatoms. The summed E-state index contributed by atoms with van der Waals surface area (Å²) in [7, 11) is 1.28. The Morgan fingerprint density at radius 3 is 2.76 bits per heavy atom. The Labute approximate surface area is 122 Å². The Hall–Kier alpha value is -2.37. The highest BCUT2D eigenvalue weighted by atomic mass is 19.1. The summed E-state index contributed by atoms with van der Waals surface area (Å²) in [6, 6.07) is 4.75. The van der Waals surface area contributed by atoms with E-state index < -0.39 is 17.8 Å². The second kappa shape index (κ2) is 5.95. The van der Waals surface area contributed by atoms with Crippen molar-refractivity contribution in [1.82, 2.24) is 10.2 Å². The third-order valence-electron chi connectivity index (χ3n) is 3.50. The highest BCUT2D eigenvalue weighted by molar-refractivity contribution is 5.94. The predicted octanol–water partition coefficient (Wildman–Crippen LogP) is 2.36. The first-order chi connectivity index (χ1) is 9.99. The zero-order valence-corrected chi connectivity index (χ0v) is 12.1. The number of nitrogens with zero attached hydrogens (tertiary/aromatic N) is 1. The molecule has 112 valence electrons. The minimum atomic E-state index is -0.719. The number of ether oxygens (including phenoxy) is 1. The largest absolute Gasteiger partial charge is 0.466 e. The van der Waals surface area contributed by atoms with Gasteiger partial charge in [0.05, 0.1) is 18.7 Å². The van der Waals surface area contributed by atoms with Crippen molar-refractivity contribution in [3.8, 4) is 0 Å². The lowest BCUT2D eigenvalue weighted by Gasteiger charge is -2.34. The van der Waals surface area contributed by atoms with Crippen LogP contribution in [-0.2, 0) is 9.53 Å². The lowest BCUT2D eigenvalue weighted by Crippen LogP contribution is -2.47. The number of methoxy groups -OCH3 is 1. The molecule has 0 fully saturated rings. The number of hydrogen-bond acceptors (Lipinski definition) is 3. The van der Waals surface area contributed by atoms with Crippen LogP contribution in [-0.4, -0.2) is 30.6 Å². The maximum Gasteiger partial charge on any atom is 0.337 e. The Kier molecular flexibility index (Phi) is 4.26. The van der Waals surface area contributed by atoms with Gasteiger partial charge >= 0.3 is 12.0 Å². The topological polar surface area (TPSA) is 58.6 Å². The second-order valence-corrected chi connectivity index (χ2v) is 4.67. The summed E-state index contributed by atoms with van der Waals surface area (Å²) in [6.07, 6.45) is 0. The normalized spacial score (nSPS) is 18.6. The molecule has 0 unspecified atom stereocenters. The first kappa shape index (κ1) is 15.0. The van der Waals surface area contributed by atoms with Crippen molar-refractivity contribution in [2.45, 2.75) is 19.9 Å².